The van der Waals surface area contributed by atoms with E-state index in [4.69, 9.17) is 14.6 Å². The van der Waals surface area contributed by atoms with Gasteiger partial charge in [0.05, 0.1) is 31.5 Å². The van der Waals surface area contributed by atoms with Crippen molar-refractivity contribution in [3.63, 3.8) is 0 Å². The van der Waals surface area contributed by atoms with Gasteiger partial charge in [-0.2, -0.15) is 10.4 Å². The molecule has 4 aromatic rings. The Labute approximate surface area is 233 Å². The number of alkyl halides is 2. The summed E-state index contributed by atoms with van der Waals surface area (Å²) < 4.78 is 39.5. The third kappa shape index (κ3) is 7.49. The van der Waals surface area contributed by atoms with E-state index in [1.807, 2.05) is 6.92 Å². The van der Waals surface area contributed by atoms with Gasteiger partial charge >= 0.3 is 0 Å². The average Bonchev–Trinajstić information content (AvgIpc) is 3.49. The van der Waals surface area contributed by atoms with Crippen molar-refractivity contribution in [3.05, 3.63) is 72.6 Å². The average molecular weight is 565 g/mol. The lowest BCUT2D eigenvalue weighted by Crippen LogP contribution is -2.38. The first kappa shape index (κ1) is 28.8. The predicted molar refractivity (Wildman–Crippen MR) is 143 cm³/mol. The van der Waals surface area contributed by atoms with Crippen LogP contribution in [0.4, 0.5) is 20.4 Å². The molecule has 1 amide bonds. The Hall–Kier alpha value is -5.16. The lowest BCUT2D eigenvalue weighted by Gasteiger charge is -2.16. The molecule has 3 N–H and O–H groups in total. The monoisotopic (exact) mass is 564 g/mol. The number of amides is 1. The number of anilines is 2. The number of aliphatic hydroxyl groups is 1. The summed E-state index contributed by atoms with van der Waals surface area (Å²) in [5.41, 5.74) is 2.32. The molecule has 0 aliphatic heterocycles. The van der Waals surface area contributed by atoms with Crippen molar-refractivity contribution < 1.29 is 28.2 Å². The third-order valence-electron chi connectivity index (χ3n) is 5.78. The Balaban J connectivity index is 1.45. The lowest BCUT2D eigenvalue weighted by molar-refractivity contribution is -0.0462. The van der Waals surface area contributed by atoms with E-state index in [1.165, 1.54) is 31.6 Å². The van der Waals surface area contributed by atoms with E-state index in [0.29, 0.717) is 29.1 Å². The number of nitrogens with zero attached hydrogens (tertiary/aromatic N) is 6. The van der Waals surface area contributed by atoms with Crippen LogP contribution in [0.1, 0.15) is 22.8 Å². The van der Waals surface area contributed by atoms with Crippen LogP contribution in [0.3, 0.4) is 0 Å². The second kappa shape index (κ2) is 12.8. The van der Waals surface area contributed by atoms with Crippen molar-refractivity contribution in [1.29, 1.82) is 5.26 Å². The maximum absolute atomic E-state index is 13.2. The molecular weight excluding hydrogens is 538 g/mol. The quantitative estimate of drug-likeness (QED) is 0.233. The highest BCUT2D eigenvalue weighted by Crippen LogP contribution is 2.30. The number of carbonyl (C=O) groups excluding carboxylic acids is 1. The van der Waals surface area contributed by atoms with E-state index in [1.54, 1.807) is 41.6 Å². The number of nitriles is 1. The number of ether oxygens (including phenoxy) is 2. The summed E-state index contributed by atoms with van der Waals surface area (Å²) in [5, 5.41) is 27.3. The van der Waals surface area contributed by atoms with E-state index in [0.717, 1.165) is 5.56 Å². The molecule has 2 aromatic heterocycles. The summed E-state index contributed by atoms with van der Waals surface area (Å²) in [5.74, 6) is -3.27. The highest BCUT2D eigenvalue weighted by atomic mass is 19.3. The number of nitrogens with one attached hydrogen (secondary N) is 2. The molecule has 212 valence electrons. The fourth-order valence-corrected chi connectivity index (χ4v) is 3.70. The minimum Gasteiger partial charge on any atom is -0.495 e. The summed E-state index contributed by atoms with van der Waals surface area (Å²) in [7, 11) is 1.39. The highest BCUT2D eigenvalue weighted by molar-refractivity contribution is 5.95. The number of rotatable bonds is 12. The van der Waals surface area contributed by atoms with E-state index in [-0.39, 0.29) is 23.4 Å². The first-order valence-corrected chi connectivity index (χ1v) is 12.3. The zero-order valence-corrected chi connectivity index (χ0v) is 22.1. The Morgan fingerprint density at radius 3 is 2.61 bits per heavy atom. The van der Waals surface area contributed by atoms with Crippen molar-refractivity contribution in [3.8, 4) is 28.7 Å². The Morgan fingerprint density at radius 2 is 1.95 bits per heavy atom. The fourth-order valence-electron chi connectivity index (χ4n) is 3.70. The van der Waals surface area contributed by atoms with Gasteiger partial charge in [-0.3, -0.25) is 4.79 Å². The number of aromatic nitrogens is 5. The zero-order valence-electron chi connectivity index (χ0n) is 22.1. The molecule has 2 heterocycles. The minimum absolute atomic E-state index is 0.0897. The summed E-state index contributed by atoms with van der Waals surface area (Å²) in [6, 6.07) is 11.6. The van der Waals surface area contributed by atoms with Gasteiger partial charge < -0.3 is 25.2 Å². The molecule has 0 bridgehead atoms. The maximum atomic E-state index is 13.2. The summed E-state index contributed by atoms with van der Waals surface area (Å²) in [4.78, 5) is 24.9. The van der Waals surface area contributed by atoms with Crippen LogP contribution >= 0.6 is 0 Å². The first-order chi connectivity index (χ1) is 19.7. The molecule has 4 rings (SSSR count). The molecule has 0 saturated carbocycles. The van der Waals surface area contributed by atoms with Crippen LogP contribution < -0.4 is 20.1 Å². The molecule has 0 aliphatic rings. The van der Waals surface area contributed by atoms with Gasteiger partial charge in [0, 0.05) is 23.5 Å². The van der Waals surface area contributed by atoms with Gasteiger partial charge in [-0.05, 0) is 42.8 Å². The van der Waals surface area contributed by atoms with Crippen LogP contribution in [0.5, 0.6) is 11.5 Å². The van der Waals surface area contributed by atoms with Crippen LogP contribution in [0.2, 0.25) is 0 Å². The molecule has 1 atom stereocenters. The van der Waals surface area contributed by atoms with E-state index >= 15 is 0 Å². The Bertz CT molecular complexity index is 1530. The van der Waals surface area contributed by atoms with E-state index < -0.39 is 25.0 Å². The van der Waals surface area contributed by atoms with Gasteiger partial charge in [0.2, 0.25) is 5.95 Å². The number of carbonyl (C=O) groups is 1. The lowest BCUT2D eigenvalue weighted by atomic mass is 10.1. The van der Waals surface area contributed by atoms with Crippen molar-refractivity contribution in [1.82, 2.24) is 30.0 Å². The van der Waals surface area contributed by atoms with Crippen molar-refractivity contribution in [2.24, 2.45) is 0 Å². The summed E-state index contributed by atoms with van der Waals surface area (Å²) >= 11 is 0. The molecule has 2 aromatic carbocycles. The van der Waals surface area contributed by atoms with Gasteiger partial charge in [-0.25, -0.2) is 28.4 Å². The molecule has 0 saturated heterocycles. The second-order valence-electron chi connectivity index (χ2n) is 8.90. The number of halogens is 2. The van der Waals surface area contributed by atoms with Crippen LogP contribution in [0.15, 0.2) is 61.4 Å². The predicted octanol–water partition coefficient (Wildman–Crippen LogP) is 3.18. The topological polar surface area (TPSA) is 160 Å². The standard InChI is InChI=1S/C27H26F2N8O4/c1-17(12-37-16-31-15-35-37)41-23-7-18(3-4-20(23)9-30)21-10-32-26(33-11-21)36-22-6-5-19(8-24(22)40-2)25(39)34-13-27(28,29)14-38/h3-8,10-11,15-17,38H,12-14H2,1-2H3,(H,34,39)(H,32,33,36). The van der Waals surface area contributed by atoms with Gasteiger partial charge in [0.25, 0.3) is 11.8 Å². The molecule has 12 nitrogen and oxygen atoms in total. The fraction of sp³-hybridized carbons (Fsp3) is 0.259. The van der Waals surface area contributed by atoms with Crippen molar-refractivity contribution >= 4 is 17.5 Å². The number of aliphatic hydroxyl groups excluding tert-OH is 1. The number of hydrogen-bond donors (Lipinski definition) is 3. The zero-order chi connectivity index (χ0) is 29.4. The number of methoxy groups -OCH3 is 1. The molecule has 0 fully saturated rings. The van der Waals surface area contributed by atoms with Gasteiger partial charge in [0.1, 0.15) is 42.9 Å². The summed E-state index contributed by atoms with van der Waals surface area (Å²) in [6.07, 6.45) is 5.92. The molecule has 14 heteroatoms. The molecular formula is C27H26F2N8O4. The number of hydrogen-bond acceptors (Lipinski definition) is 10. The van der Waals surface area contributed by atoms with E-state index in [2.05, 4.69) is 36.8 Å². The van der Waals surface area contributed by atoms with Gasteiger partial charge in [-0.1, -0.05) is 6.07 Å². The Morgan fingerprint density at radius 1 is 1.17 bits per heavy atom. The summed E-state index contributed by atoms with van der Waals surface area (Å²) in [6.45, 7) is -0.0579. The largest absolute Gasteiger partial charge is 0.495 e. The molecule has 1 unspecified atom stereocenters. The van der Waals surface area contributed by atoms with Crippen LogP contribution in [-0.4, -0.2) is 68.0 Å². The highest BCUT2D eigenvalue weighted by Gasteiger charge is 2.28. The molecule has 0 spiro atoms. The van der Waals surface area contributed by atoms with Crippen molar-refractivity contribution in [2.45, 2.75) is 25.5 Å². The molecule has 0 aliphatic carbocycles. The first-order valence-electron chi connectivity index (χ1n) is 12.3. The second-order valence-corrected chi connectivity index (χ2v) is 8.90. The van der Waals surface area contributed by atoms with Crippen LogP contribution in [0.25, 0.3) is 11.1 Å². The normalized spacial score (nSPS) is 11.8. The van der Waals surface area contributed by atoms with Crippen LogP contribution in [-0.2, 0) is 6.54 Å². The maximum Gasteiger partial charge on any atom is 0.287 e. The Kier molecular flexibility index (Phi) is 9.00. The smallest absolute Gasteiger partial charge is 0.287 e. The SMILES string of the molecule is COc1cc(C(=O)NCC(F)(F)CO)ccc1Nc1ncc(-c2ccc(C#N)c(OC(C)Cn3cncn3)c2)cn1. The molecule has 0 radical (unpaired) electrons. The van der Waals surface area contributed by atoms with Crippen LogP contribution in [0, 0.1) is 11.3 Å². The molecule has 41 heavy (non-hydrogen) atoms. The van der Waals surface area contributed by atoms with Gasteiger partial charge in [0.15, 0.2) is 0 Å². The van der Waals surface area contributed by atoms with Gasteiger partial charge in [-0.15, -0.1) is 0 Å². The number of benzene rings is 2. The van der Waals surface area contributed by atoms with E-state index in [9.17, 15) is 18.8 Å². The van der Waals surface area contributed by atoms with Crippen molar-refractivity contribution in [2.75, 3.05) is 25.6 Å². The third-order valence-corrected chi connectivity index (χ3v) is 5.78. The minimum atomic E-state index is -3.42.